The van der Waals surface area contributed by atoms with Crippen LogP contribution in [0.5, 0.6) is 0 Å². The van der Waals surface area contributed by atoms with E-state index in [2.05, 4.69) is 12.6 Å². The molecule has 1 nitrogen and oxygen atoms in total. The van der Waals surface area contributed by atoms with Crippen LogP contribution in [-0.4, -0.2) is 17.5 Å². The highest BCUT2D eigenvalue weighted by molar-refractivity contribution is 7.80. The molecule has 0 aliphatic heterocycles. The van der Waals surface area contributed by atoms with E-state index in [4.69, 9.17) is 5.11 Å². The van der Waals surface area contributed by atoms with Crippen LogP contribution < -0.4 is 0 Å². The Morgan fingerprint density at radius 2 is 0.433 bits per heavy atom. The quantitative estimate of drug-likeness (QED) is 0.0957. The Bertz CT molecular complexity index is 254. The Hall–Kier alpha value is 0.310. The topological polar surface area (TPSA) is 20.2 Å². The Labute approximate surface area is 197 Å². The van der Waals surface area contributed by atoms with Crippen molar-refractivity contribution in [3.05, 3.63) is 0 Å². The van der Waals surface area contributed by atoms with Crippen LogP contribution in [-0.2, 0) is 0 Å². The lowest BCUT2D eigenvalue weighted by molar-refractivity contribution is 0.282. The average molecular weight is 443 g/mol. The molecule has 0 unspecified atom stereocenters. The van der Waals surface area contributed by atoms with Gasteiger partial charge in [-0.1, -0.05) is 154 Å². The summed E-state index contributed by atoms with van der Waals surface area (Å²) in [6, 6.07) is 0. The maximum atomic E-state index is 8.75. The number of hydrogen-bond donors (Lipinski definition) is 2. The fraction of sp³-hybridized carbons (Fsp3) is 1.00. The predicted molar refractivity (Wildman–Crippen MR) is 141 cm³/mol. The van der Waals surface area contributed by atoms with Gasteiger partial charge in [0, 0.05) is 6.61 Å². The molecule has 0 aliphatic carbocycles. The minimum absolute atomic E-state index is 0.373. The van der Waals surface area contributed by atoms with Gasteiger partial charge in [0.25, 0.3) is 0 Å². The van der Waals surface area contributed by atoms with Crippen LogP contribution in [0.2, 0.25) is 0 Å². The number of hydrogen-bond acceptors (Lipinski definition) is 2. The molecule has 2 heteroatoms. The second-order valence-electron chi connectivity index (χ2n) is 9.64. The van der Waals surface area contributed by atoms with Crippen molar-refractivity contribution in [2.45, 2.75) is 167 Å². The second-order valence-corrected chi connectivity index (χ2v) is 10.1. The lowest BCUT2D eigenvalue weighted by atomic mass is 10.0. The molecule has 0 aromatic rings. The molecule has 0 saturated carbocycles. The summed E-state index contributed by atoms with van der Waals surface area (Å²) >= 11 is 4.27. The molecule has 0 atom stereocenters. The number of aliphatic hydroxyl groups is 1. The highest BCUT2D eigenvalue weighted by Gasteiger charge is 1.96. The fourth-order valence-corrected chi connectivity index (χ4v) is 4.69. The van der Waals surface area contributed by atoms with Crippen LogP contribution in [0.15, 0.2) is 0 Å². The summed E-state index contributed by atoms with van der Waals surface area (Å²) in [6.07, 6.45) is 36.8. The van der Waals surface area contributed by atoms with Gasteiger partial charge in [-0.2, -0.15) is 12.6 Å². The van der Waals surface area contributed by atoms with Gasteiger partial charge in [0.2, 0.25) is 0 Å². The predicted octanol–water partition coefficient (Wildman–Crippen LogP) is 10.1. The Balaban J connectivity index is 2.97. The zero-order valence-corrected chi connectivity index (χ0v) is 21.6. The van der Waals surface area contributed by atoms with Crippen LogP contribution >= 0.6 is 12.6 Å². The van der Waals surface area contributed by atoms with E-state index in [1.165, 1.54) is 161 Å². The van der Waals surface area contributed by atoms with Crippen molar-refractivity contribution in [1.29, 1.82) is 0 Å². The van der Waals surface area contributed by atoms with Gasteiger partial charge in [-0.15, -0.1) is 0 Å². The Morgan fingerprint density at radius 1 is 0.267 bits per heavy atom. The standard InChI is InChI=1S/C28H58OS/c29-27-25-23-21-19-17-15-13-11-9-7-5-3-1-2-4-6-8-10-12-14-16-18-20-22-24-26-28-30/h29-30H,1-28H2. The first-order valence-corrected chi connectivity index (χ1v) is 14.8. The lowest BCUT2D eigenvalue weighted by Gasteiger charge is -2.04. The summed E-state index contributed by atoms with van der Waals surface area (Å²) in [4.78, 5) is 0. The van der Waals surface area contributed by atoms with Gasteiger partial charge in [-0.3, -0.25) is 0 Å². The Kier molecular flexibility index (Phi) is 29.6. The minimum atomic E-state index is 0.373. The lowest BCUT2D eigenvalue weighted by Crippen LogP contribution is -1.85. The molecule has 0 heterocycles. The fourth-order valence-electron chi connectivity index (χ4n) is 4.47. The van der Waals surface area contributed by atoms with Gasteiger partial charge < -0.3 is 5.11 Å². The number of rotatable bonds is 27. The monoisotopic (exact) mass is 442 g/mol. The second kappa shape index (κ2) is 29.3. The van der Waals surface area contributed by atoms with Crippen LogP contribution in [0, 0.1) is 0 Å². The molecule has 0 fully saturated rings. The molecule has 0 aliphatic rings. The number of aliphatic hydroxyl groups excluding tert-OH is 1. The smallest absolute Gasteiger partial charge is 0.0431 e. The first-order valence-electron chi connectivity index (χ1n) is 14.1. The van der Waals surface area contributed by atoms with Crippen LogP contribution in [0.3, 0.4) is 0 Å². The third-order valence-electron chi connectivity index (χ3n) is 6.57. The van der Waals surface area contributed by atoms with E-state index in [1.54, 1.807) is 0 Å². The molecule has 0 saturated heterocycles. The minimum Gasteiger partial charge on any atom is -0.396 e. The Morgan fingerprint density at radius 3 is 0.600 bits per heavy atom. The van der Waals surface area contributed by atoms with Crippen molar-refractivity contribution in [1.82, 2.24) is 0 Å². The first kappa shape index (κ1) is 30.3. The molecule has 0 aromatic heterocycles. The summed E-state index contributed by atoms with van der Waals surface area (Å²) in [6.45, 7) is 0.373. The van der Waals surface area contributed by atoms with Gasteiger partial charge in [-0.05, 0) is 18.6 Å². The van der Waals surface area contributed by atoms with Crippen molar-refractivity contribution in [3.63, 3.8) is 0 Å². The van der Waals surface area contributed by atoms with Crippen LogP contribution in [0.4, 0.5) is 0 Å². The normalized spacial score (nSPS) is 11.4. The summed E-state index contributed by atoms with van der Waals surface area (Å²) in [5.74, 6) is 1.06. The van der Waals surface area contributed by atoms with E-state index in [0.717, 1.165) is 12.2 Å². The highest BCUT2D eigenvalue weighted by atomic mass is 32.1. The number of unbranched alkanes of at least 4 members (excludes halogenated alkanes) is 25. The van der Waals surface area contributed by atoms with Crippen LogP contribution in [0.1, 0.15) is 167 Å². The van der Waals surface area contributed by atoms with Crippen molar-refractivity contribution >= 4 is 12.6 Å². The van der Waals surface area contributed by atoms with E-state index < -0.39 is 0 Å². The first-order chi connectivity index (χ1) is 14.9. The largest absolute Gasteiger partial charge is 0.396 e. The van der Waals surface area contributed by atoms with Crippen molar-refractivity contribution in [2.24, 2.45) is 0 Å². The number of thiol groups is 1. The summed E-state index contributed by atoms with van der Waals surface area (Å²) in [7, 11) is 0. The molecule has 0 radical (unpaired) electrons. The molecule has 0 aromatic carbocycles. The molecule has 0 amide bonds. The third kappa shape index (κ3) is 28.3. The molecular weight excluding hydrogens is 384 g/mol. The van der Waals surface area contributed by atoms with E-state index in [9.17, 15) is 0 Å². The van der Waals surface area contributed by atoms with Gasteiger partial charge >= 0.3 is 0 Å². The third-order valence-corrected chi connectivity index (χ3v) is 6.88. The zero-order chi connectivity index (χ0) is 21.8. The highest BCUT2D eigenvalue weighted by Crippen LogP contribution is 2.15. The summed E-state index contributed by atoms with van der Waals surface area (Å²) < 4.78 is 0. The average Bonchev–Trinajstić information content (AvgIpc) is 2.76. The summed E-state index contributed by atoms with van der Waals surface area (Å²) in [5.41, 5.74) is 0. The van der Waals surface area contributed by atoms with E-state index in [0.29, 0.717) is 6.61 Å². The van der Waals surface area contributed by atoms with E-state index in [1.807, 2.05) is 0 Å². The molecule has 30 heavy (non-hydrogen) atoms. The van der Waals surface area contributed by atoms with Gasteiger partial charge in [-0.25, -0.2) is 0 Å². The van der Waals surface area contributed by atoms with E-state index in [-0.39, 0.29) is 0 Å². The van der Waals surface area contributed by atoms with Crippen LogP contribution in [0.25, 0.3) is 0 Å². The summed E-state index contributed by atoms with van der Waals surface area (Å²) in [5, 5.41) is 8.75. The maximum absolute atomic E-state index is 8.75. The van der Waals surface area contributed by atoms with Crippen molar-refractivity contribution in [3.8, 4) is 0 Å². The van der Waals surface area contributed by atoms with Crippen molar-refractivity contribution in [2.75, 3.05) is 12.4 Å². The molecular formula is C28H58OS. The molecule has 0 rings (SSSR count). The molecule has 182 valence electrons. The van der Waals surface area contributed by atoms with Gasteiger partial charge in [0.05, 0.1) is 0 Å². The molecule has 0 spiro atoms. The van der Waals surface area contributed by atoms with Gasteiger partial charge in [0.15, 0.2) is 0 Å². The zero-order valence-electron chi connectivity index (χ0n) is 20.7. The SMILES string of the molecule is OCCCCCCCCCCCCCCCCCCCCCCCCCCCCS. The molecule has 1 N–H and O–H groups in total. The van der Waals surface area contributed by atoms with Crippen molar-refractivity contribution < 1.29 is 5.11 Å². The van der Waals surface area contributed by atoms with E-state index >= 15 is 0 Å². The van der Waals surface area contributed by atoms with Gasteiger partial charge in [0.1, 0.15) is 0 Å². The molecule has 0 bridgehead atoms. The maximum Gasteiger partial charge on any atom is 0.0431 e.